The molecule has 1 N–H and O–H groups in total. The molecule has 1 aliphatic heterocycles. The summed E-state index contributed by atoms with van der Waals surface area (Å²) in [4.78, 5) is 33.8. The molecule has 6 heteroatoms. The minimum absolute atomic E-state index is 0.00772. The van der Waals surface area contributed by atoms with Crippen molar-refractivity contribution >= 4 is 34.1 Å². The van der Waals surface area contributed by atoms with Crippen LogP contribution in [0.2, 0.25) is 0 Å². The van der Waals surface area contributed by atoms with Crippen LogP contribution >= 0.6 is 0 Å². The molecule has 2 heterocycles. The lowest BCUT2D eigenvalue weighted by Crippen LogP contribution is -2.41. The molecule has 4 rings (SSSR count). The van der Waals surface area contributed by atoms with E-state index >= 15 is 0 Å². The highest BCUT2D eigenvalue weighted by Gasteiger charge is 2.28. The maximum absolute atomic E-state index is 13.1. The molecule has 0 saturated carbocycles. The minimum Gasteiger partial charge on any atom is -0.363 e. The van der Waals surface area contributed by atoms with Gasteiger partial charge in [0.15, 0.2) is 0 Å². The Morgan fingerprint density at radius 3 is 2.43 bits per heavy atom. The largest absolute Gasteiger partial charge is 0.363 e. The van der Waals surface area contributed by atoms with Gasteiger partial charge in [-0.1, -0.05) is 36.4 Å². The fourth-order valence-corrected chi connectivity index (χ4v) is 3.90. The van der Waals surface area contributed by atoms with Crippen LogP contribution in [0.1, 0.15) is 23.2 Å². The van der Waals surface area contributed by atoms with E-state index in [9.17, 15) is 9.59 Å². The molecule has 1 saturated heterocycles. The fraction of sp³-hybridized carbons (Fsp3) is 0.292. The van der Waals surface area contributed by atoms with E-state index in [0.29, 0.717) is 31.6 Å². The van der Waals surface area contributed by atoms with E-state index in [-0.39, 0.29) is 17.7 Å². The zero-order valence-corrected chi connectivity index (χ0v) is 17.3. The Morgan fingerprint density at radius 1 is 1.00 bits per heavy atom. The molecule has 2 aromatic carbocycles. The number of nitrogens with zero attached hydrogens (tertiary/aromatic N) is 3. The predicted octanol–water partition coefficient (Wildman–Crippen LogP) is 3.79. The van der Waals surface area contributed by atoms with Gasteiger partial charge in [0.05, 0.1) is 11.9 Å². The Hall–Kier alpha value is -3.41. The normalized spacial score (nSPS) is 14.5. The second kappa shape index (κ2) is 8.53. The molecule has 0 spiro atoms. The molecule has 0 aliphatic carbocycles. The van der Waals surface area contributed by atoms with Crippen LogP contribution in [0.5, 0.6) is 0 Å². The van der Waals surface area contributed by atoms with E-state index in [1.807, 2.05) is 78.5 Å². The number of benzene rings is 2. The first-order chi connectivity index (χ1) is 14.5. The molecule has 1 aliphatic rings. The minimum atomic E-state index is -0.102. The topological polar surface area (TPSA) is 65.5 Å². The molecule has 3 aromatic rings. The summed E-state index contributed by atoms with van der Waals surface area (Å²) < 4.78 is 0. The summed E-state index contributed by atoms with van der Waals surface area (Å²) in [6, 6.07) is 17.5. The smallest absolute Gasteiger partial charge is 0.254 e. The highest BCUT2D eigenvalue weighted by molar-refractivity contribution is 6.07. The van der Waals surface area contributed by atoms with E-state index in [0.717, 1.165) is 22.2 Å². The van der Waals surface area contributed by atoms with Crippen LogP contribution in [0.3, 0.4) is 0 Å². The summed E-state index contributed by atoms with van der Waals surface area (Å²) in [5, 5.41) is 4.99. The van der Waals surface area contributed by atoms with Gasteiger partial charge in [-0.15, -0.1) is 0 Å². The summed E-state index contributed by atoms with van der Waals surface area (Å²) in [5.74, 6) is 0.768. The third kappa shape index (κ3) is 4.13. The average molecular weight is 402 g/mol. The van der Waals surface area contributed by atoms with Gasteiger partial charge in [0.25, 0.3) is 5.91 Å². The number of carbonyl (C=O) groups excluding carboxylic acids is 2. The second-order valence-corrected chi connectivity index (χ2v) is 7.88. The van der Waals surface area contributed by atoms with Gasteiger partial charge in [0.1, 0.15) is 5.82 Å². The van der Waals surface area contributed by atoms with Gasteiger partial charge in [-0.2, -0.15) is 0 Å². The van der Waals surface area contributed by atoms with Crippen LogP contribution < -0.4 is 10.2 Å². The number of carbonyl (C=O) groups is 2. The molecule has 6 nitrogen and oxygen atoms in total. The molecular formula is C24H26N4O2. The monoisotopic (exact) mass is 402 g/mol. The Morgan fingerprint density at radius 2 is 1.73 bits per heavy atom. The Kier molecular flexibility index (Phi) is 5.65. The van der Waals surface area contributed by atoms with Crippen LogP contribution in [0.25, 0.3) is 10.8 Å². The molecule has 1 fully saturated rings. The number of anilines is 2. The average Bonchev–Trinajstić information content (AvgIpc) is 2.78. The SMILES string of the molecule is CN(C)c1ccc(NC(=O)C2CCN(C(=O)c3cccc4ccccc34)CC2)cn1. The highest BCUT2D eigenvalue weighted by Crippen LogP contribution is 2.24. The van der Waals surface area contributed by atoms with Gasteiger partial charge in [-0.3, -0.25) is 9.59 Å². The zero-order valence-electron chi connectivity index (χ0n) is 17.3. The molecule has 154 valence electrons. The van der Waals surface area contributed by atoms with Crippen molar-refractivity contribution in [1.82, 2.24) is 9.88 Å². The molecule has 2 amide bonds. The fourth-order valence-electron chi connectivity index (χ4n) is 3.90. The Labute approximate surface area is 176 Å². The van der Waals surface area contributed by atoms with E-state index in [2.05, 4.69) is 10.3 Å². The maximum atomic E-state index is 13.1. The number of amides is 2. The van der Waals surface area contributed by atoms with Crippen LogP contribution in [0.4, 0.5) is 11.5 Å². The van der Waals surface area contributed by atoms with E-state index in [1.54, 1.807) is 6.20 Å². The van der Waals surface area contributed by atoms with Gasteiger partial charge in [-0.25, -0.2) is 4.98 Å². The van der Waals surface area contributed by atoms with E-state index in [1.165, 1.54) is 0 Å². The molecule has 30 heavy (non-hydrogen) atoms. The molecule has 0 bridgehead atoms. The molecule has 0 unspecified atom stereocenters. The maximum Gasteiger partial charge on any atom is 0.254 e. The van der Waals surface area contributed by atoms with Gasteiger partial charge in [-0.05, 0) is 41.8 Å². The van der Waals surface area contributed by atoms with E-state index < -0.39 is 0 Å². The van der Waals surface area contributed by atoms with Gasteiger partial charge in [0.2, 0.25) is 5.91 Å². The van der Waals surface area contributed by atoms with Crippen LogP contribution in [0.15, 0.2) is 60.8 Å². The van der Waals surface area contributed by atoms with Crippen molar-refractivity contribution in [3.05, 3.63) is 66.4 Å². The molecule has 0 atom stereocenters. The van der Waals surface area contributed by atoms with Crippen molar-refractivity contribution in [2.45, 2.75) is 12.8 Å². The first kappa shape index (κ1) is 19.9. The van der Waals surface area contributed by atoms with Crippen LogP contribution in [-0.4, -0.2) is 48.9 Å². The quantitative estimate of drug-likeness (QED) is 0.721. The number of piperidine rings is 1. The predicted molar refractivity (Wildman–Crippen MR) is 120 cm³/mol. The number of hydrogen-bond acceptors (Lipinski definition) is 4. The van der Waals surface area contributed by atoms with Gasteiger partial charge < -0.3 is 15.1 Å². The second-order valence-electron chi connectivity index (χ2n) is 7.88. The van der Waals surface area contributed by atoms with Crippen molar-refractivity contribution in [2.24, 2.45) is 5.92 Å². The van der Waals surface area contributed by atoms with Crippen LogP contribution in [-0.2, 0) is 4.79 Å². The number of fused-ring (bicyclic) bond motifs is 1. The number of rotatable bonds is 4. The van der Waals surface area contributed by atoms with Crippen molar-refractivity contribution in [3.63, 3.8) is 0 Å². The number of likely N-dealkylation sites (tertiary alicyclic amines) is 1. The number of pyridine rings is 1. The van der Waals surface area contributed by atoms with Crippen LogP contribution in [0, 0.1) is 5.92 Å². The lowest BCUT2D eigenvalue weighted by molar-refractivity contribution is -0.121. The number of hydrogen-bond donors (Lipinski definition) is 1. The Balaban J connectivity index is 1.37. The van der Waals surface area contributed by atoms with Gasteiger partial charge in [0, 0.05) is 38.7 Å². The van der Waals surface area contributed by atoms with Crippen molar-refractivity contribution < 1.29 is 9.59 Å². The summed E-state index contributed by atoms with van der Waals surface area (Å²) >= 11 is 0. The summed E-state index contributed by atoms with van der Waals surface area (Å²) in [6.07, 6.45) is 2.99. The zero-order chi connectivity index (χ0) is 21.1. The molecule has 0 radical (unpaired) electrons. The molecular weight excluding hydrogens is 376 g/mol. The summed E-state index contributed by atoms with van der Waals surface area (Å²) in [7, 11) is 3.85. The van der Waals surface area contributed by atoms with E-state index in [4.69, 9.17) is 0 Å². The third-order valence-electron chi connectivity index (χ3n) is 5.65. The standard InChI is InChI=1S/C24H26N4O2/c1-27(2)22-11-10-19(16-25-22)26-23(29)18-12-14-28(15-13-18)24(30)21-9-5-7-17-6-3-4-8-20(17)21/h3-11,16,18H,12-15H2,1-2H3,(H,26,29). The van der Waals surface area contributed by atoms with Crippen molar-refractivity contribution in [3.8, 4) is 0 Å². The Bertz CT molecular complexity index is 1050. The summed E-state index contributed by atoms with van der Waals surface area (Å²) in [6.45, 7) is 1.16. The van der Waals surface area contributed by atoms with Crippen molar-refractivity contribution in [2.75, 3.05) is 37.4 Å². The third-order valence-corrected chi connectivity index (χ3v) is 5.65. The number of nitrogens with one attached hydrogen (secondary N) is 1. The summed E-state index contributed by atoms with van der Waals surface area (Å²) in [5.41, 5.74) is 1.42. The lowest BCUT2D eigenvalue weighted by atomic mass is 9.94. The molecule has 1 aromatic heterocycles. The van der Waals surface area contributed by atoms with Gasteiger partial charge >= 0.3 is 0 Å². The van der Waals surface area contributed by atoms with Crippen molar-refractivity contribution in [1.29, 1.82) is 0 Å². The number of aromatic nitrogens is 1. The highest BCUT2D eigenvalue weighted by atomic mass is 16.2. The lowest BCUT2D eigenvalue weighted by Gasteiger charge is -2.31. The first-order valence-electron chi connectivity index (χ1n) is 10.2. The first-order valence-corrected chi connectivity index (χ1v) is 10.2.